The molecule has 3 nitrogen and oxygen atoms in total. The van der Waals surface area contributed by atoms with E-state index in [-0.39, 0.29) is 5.82 Å². The van der Waals surface area contributed by atoms with Crippen molar-refractivity contribution >= 4 is 11.6 Å². The molecule has 0 N–H and O–H groups in total. The van der Waals surface area contributed by atoms with Crippen molar-refractivity contribution in [3.63, 3.8) is 0 Å². The van der Waals surface area contributed by atoms with Gasteiger partial charge in [-0.3, -0.25) is 0 Å². The number of nitrogens with zero attached hydrogens (tertiary/aromatic N) is 3. The van der Waals surface area contributed by atoms with Crippen molar-refractivity contribution in [2.24, 2.45) is 0 Å². The molecule has 5 heteroatoms. The quantitative estimate of drug-likeness (QED) is 0.796. The van der Waals surface area contributed by atoms with E-state index in [4.69, 9.17) is 11.6 Å². The molecule has 0 atom stereocenters. The number of rotatable bonds is 3. The van der Waals surface area contributed by atoms with Crippen LogP contribution in [0, 0.1) is 12.7 Å². The van der Waals surface area contributed by atoms with Crippen LogP contribution in [0.15, 0.2) is 18.2 Å². The van der Waals surface area contributed by atoms with E-state index in [1.165, 1.54) is 12.1 Å². The Bertz CT molecular complexity index is 590. The summed E-state index contributed by atoms with van der Waals surface area (Å²) in [6.45, 7) is 1.95. The Labute approximate surface area is 110 Å². The second kappa shape index (κ2) is 4.35. The molecule has 0 aliphatic heterocycles. The summed E-state index contributed by atoms with van der Waals surface area (Å²) in [7, 11) is 0. The lowest BCUT2D eigenvalue weighted by Crippen LogP contribution is -2.03. The topological polar surface area (TPSA) is 30.7 Å². The van der Waals surface area contributed by atoms with Crippen LogP contribution < -0.4 is 0 Å². The summed E-state index contributed by atoms with van der Waals surface area (Å²) in [5, 5.41) is 8.28. The first-order chi connectivity index (χ1) is 8.70. The number of hydrogen-bond donors (Lipinski definition) is 0. The molecule has 0 radical (unpaired) electrons. The molecule has 1 aliphatic carbocycles. The number of aromatic nitrogens is 3. The van der Waals surface area contributed by atoms with Gasteiger partial charge >= 0.3 is 0 Å². The standard InChI is InChI=1S/C13H13ClFN3/c1-8-2-3-9(15)6-11(8)13-17-16-12(7-14)18(13)10-4-5-10/h2-3,6,10H,4-5,7H2,1H3. The third-order valence-corrected chi connectivity index (χ3v) is 3.48. The molecule has 0 unspecified atom stereocenters. The lowest BCUT2D eigenvalue weighted by molar-refractivity contribution is 0.627. The number of alkyl halides is 1. The summed E-state index contributed by atoms with van der Waals surface area (Å²) in [5.74, 6) is 1.56. The second-order valence-corrected chi connectivity index (χ2v) is 4.90. The highest BCUT2D eigenvalue weighted by Crippen LogP contribution is 2.39. The maximum Gasteiger partial charge on any atom is 0.164 e. The zero-order chi connectivity index (χ0) is 12.7. The molecule has 1 heterocycles. The largest absolute Gasteiger partial charge is 0.307 e. The molecule has 0 bridgehead atoms. The minimum atomic E-state index is -0.256. The van der Waals surface area contributed by atoms with Crippen molar-refractivity contribution < 1.29 is 4.39 Å². The molecule has 2 aromatic rings. The second-order valence-electron chi connectivity index (χ2n) is 4.63. The Balaban J connectivity index is 2.16. The molecule has 0 saturated heterocycles. The van der Waals surface area contributed by atoms with E-state index in [1.54, 1.807) is 6.07 Å². The van der Waals surface area contributed by atoms with E-state index in [0.717, 1.165) is 35.6 Å². The van der Waals surface area contributed by atoms with Crippen molar-refractivity contribution in [2.45, 2.75) is 31.7 Å². The smallest absolute Gasteiger partial charge is 0.164 e. The summed E-state index contributed by atoms with van der Waals surface area (Å²) in [5.41, 5.74) is 1.79. The van der Waals surface area contributed by atoms with Crippen LogP contribution in [0.1, 0.15) is 30.3 Å². The van der Waals surface area contributed by atoms with Gasteiger partial charge in [-0.25, -0.2) is 4.39 Å². The summed E-state index contributed by atoms with van der Waals surface area (Å²) in [6.07, 6.45) is 2.23. The molecule has 1 aromatic carbocycles. The van der Waals surface area contributed by atoms with Crippen LogP contribution in [0.2, 0.25) is 0 Å². The van der Waals surface area contributed by atoms with Crippen LogP contribution in [0.25, 0.3) is 11.4 Å². The minimum Gasteiger partial charge on any atom is -0.307 e. The van der Waals surface area contributed by atoms with E-state index in [1.807, 2.05) is 6.92 Å². The Kier molecular flexibility index (Phi) is 2.82. The minimum absolute atomic E-state index is 0.256. The molecular weight excluding hydrogens is 253 g/mol. The third-order valence-electron chi connectivity index (χ3n) is 3.24. The fourth-order valence-corrected chi connectivity index (χ4v) is 2.33. The average Bonchev–Trinajstić information content (AvgIpc) is 3.12. The normalized spacial score (nSPS) is 15.1. The molecule has 1 fully saturated rings. The molecule has 0 spiro atoms. The highest BCUT2D eigenvalue weighted by Gasteiger charge is 2.30. The van der Waals surface area contributed by atoms with E-state index in [2.05, 4.69) is 14.8 Å². The lowest BCUT2D eigenvalue weighted by Gasteiger charge is -2.09. The van der Waals surface area contributed by atoms with Crippen molar-refractivity contribution in [1.82, 2.24) is 14.8 Å². The maximum absolute atomic E-state index is 13.4. The lowest BCUT2D eigenvalue weighted by atomic mass is 10.1. The summed E-state index contributed by atoms with van der Waals surface area (Å²) in [4.78, 5) is 0. The Hall–Kier alpha value is -1.42. The molecule has 18 heavy (non-hydrogen) atoms. The first-order valence-corrected chi connectivity index (χ1v) is 6.50. The maximum atomic E-state index is 13.4. The first-order valence-electron chi connectivity index (χ1n) is 5.97. The highest BCUT2D eigenvalue weighted by molar-refractivity contribution is 6.16. The first kappa shape index (κ1) is 11.7. The molecule has 1 saturated carbocycles. The summed E-state index contributed by atoms with van der Waals surface area (Å²) >= 11 is 5.88. The molecule has 3 rings (SSSR count). The molecule has 1 aromatic heterocycles. The molecule has 1 aliphatic rings. The van der Waals surface area contributed by atoms with Crippen LogP contribution in [-0.2, 0) is 5.88 Å². The third kappa shape index (κ3) is 1.90. The van der Waals surface area contributed by atoms with Gasteiger partial charge in [0.25, 0.3) is 0 Å². The van der Waals surface area contributed by atoms with Crippen molar-refractivity contribution in [3.05, 3.63) is 35.4 Å². The number of aryl methyl sites for hydroxylation is 1. The van der Waals surface area contributed by atoms with Gasteiger partial charge < -0.3 is 4.57 Å². The van der Waals surface area contributed by atoms with Gasteiger partial charge in [-0.2, -0.15) is 0 Å². The fraction of sp³-hybridized carbons (Fsp3) is 0.385. The van der Waals surface area contributed by atoms with Gasteiger partial charge in [0.1, 0.15) is 11.6 Å². The predicted molar refractivity (Wildman–Crippen MR) is 68.0 cm³/mol. The fourth-order valence-electron chi connectivity index (χ4n) is 2.15. The average molecular weight is 266 g/mol. The van der Waals surface area contributed by atoms with Gasteiger partial charge in [-0.15, -0.1) is 21.8 Å². The zero-order valence-electron chi connectivity index (χ0n) is 10.0. The van der Waals surface area contributed by atoms with Gasteiger partial charge in [-0.05, 0) is 37.5 Å². The molecule has 0 amide bonds. The van der Waals surface area contributed by atoms with Crippen molar-refractivity contribution in [3.8, 4) is 11.4 Å². The van der Waals surface area contributed by atoms with Gasteiger partial charge in [0.05, 0.1) is 5.88 Å². The Morgan fingerprint density at radius 2 is 2.17 bits per heavy atom. The van der Waals surface area contributed by atoms with E-state index < -0.39 is 0 Å². The Morgan fingerprint density at radius 1 is 1.39 bits per heavy atom. The zero-order valence-corrected chi connectivity index (χ0v) is 10.8. The van der Waals surface area contributed by atoms with Crippen molar-refractivity contribution in [2.75, 3.05) is 0 Å². The van der Waals surface area contributed by atoms with Crippen LogP contribution in [0.3, 0.4) is 0 Å². The van der Waals surface area contributed by atoms with Gasteiger partial charge in [0.15, 0.2) is 5.82 Å². The molecule has 94 valence electrons. The number of benzene rings is 1. The van der Waals surface area contributed by atoms with Gasteiger partial charge in [-0.1, -0.05) is 6.07 Å². The SMILES string of the molecule is Cc1ccc(F)cc1-c1nnc(CCl)n1C1CC1. The van der Waals surface area contributed by atoms with Crippen LogP contribution >= 0.6 is 11.6 Å². The molecular formula is C13H13ClFN3. The monoisotopic (exact) mass is 265 g/mol. The van der Waals surface area contributed by atoms with Crippen molar-refractivity contribution in [1.29, 1.82) is 0 Å². The number of hydrogen-bond acceptors (Lipinski definition) is 2. The van der Waals surface area contributed by atoms with Crippen LogP contribution in [0.5, 0.6) is 0 Å². The summed E-state index contributed by atoms with van der Waals surface area (Å²) < 4.78 is 15.4. The van der Waals surface area contributed by atoms with E-state index in [0.29, 0.717) is 11.9 Å². The summed E-state index contributed by atoms with van der Waals surface area (Å²) in [6, 6.07) is 5.15. The van der Waals surface area contributed by atoms with E-state index in [9.17, 15) is 4.39 Å². The van der Waals surface area contributed by atoms with Crippen LogP contribution in [0.4, 0.5) is 4.39 Å². The van der Waals surface area contributed by atoms with Gasteiger partial charge in [0.2, 0.25) is 0 Å². The van der Waals surface area contributed by atoms with E-state index >= 15 is 0 Å². The van der Waals surface area contributed by atoms with Gasteiger partial charge in [0, 0.05) is 11.6 Å². The Morgan fingerprint density at radius 3 is 2.83 bits per heavy atom. The van der Waals surface area contributed by atoms with Crippen LogP contribution in [-0.4, -0.2) is 14.8 Å². The predicted octanol–water partition coefficient (Wildman–Crippen LogP) is 3.47. The number of halogens is 2. The highest BCUT2D eigenvalue weighted by atomic mass is 35.5.